The van der Waals surface area contributed by atoms with Gasteiger partial charge in [-0.05, 0) is 68.0 Å². The van der Waals surface area contributed by atoms with Crippen LogP contribution in [0.5, 0.6) is 0 Å². The summed E-state index contributed by atoms with van der Waals surface area (Å²) in [5.74, 6) is 0.857. The molecule has 1 saturated heterocycles. The number of pyridine rings is 1. The number of carbonyl (C=O) groups is 2. The second-order valence-corrected chi connectivity index (χ2v) is 11.6. The number of carbonyl (C=O) groups excluding carboxylic acids is 2. The third kappa shape index (κ3) is 6.82. The molecule has 1 aliphatic rings. The Balaban J connectivity index is 1.25. The van der Waals surface area contributed by atoms with E-state index in [2.05, 4.69) is 50.5 Å². The Kier molecular flexibility index (Phi) is 7.92. The Morgan fingerprint density at radius 1 is 1.02 bits per heavy atom. The van der Waals surface area contributed by atoms with Crippen molar-refractivity contribution in [1.82, 2.24) is 24.6 Å². The van der Waals surface area contributed by atoms with Gasteiger partial charge in [0.15, 0.2) is 0 Å². The summed E-state index contributed by atoms with van der Waals surface area (Å²) in [6.45, 7) is 10.3. The second kappa shape index (κ2) is 11.6. The van der Waals surface area contributed by atoms with Crippen molar-refractivity contribution in [3.63, 3.8) is 0 Å². The van der Waals surface area contributed by atoms with Crippen LogP contribution in [0.3, 0.4) is 0 Å². The predicted molar refractivity (Wildman–Crippen MR) is 159 cm³/mol. The number of anilines is 2. The molecule has 0 saturated carbocycles. The summed E-state index contributed by atoms with van der Waals surface area (Å²) < 4.78 is 7.43. The Labute approximate surface area is 240 Å². The first-order valence-electron chi connectivity index (χ1n) is 13.9. The maximum Gasteiger partial charge on any atom is 0.410 e. The normalized spacial score (nSPS) is 14.7. The molecule has 0 spiro atoms. The van der Waals surface area contributed by atoms with E-state index in [4.69, 9.17) is 4.74 Å². The maximum atomic E-state index is 13.2. The van der Waals surface area contributed by atoms with Gasteiger partial charge in [0.05, 0.1) is 0 Å². The summed E-state index contributed by atoms with van der Waals surface area (Å²) in [6.07, 6.45) is 3.90. The number of amides is 2. The smallest absolute Gasteiger partial charge is 0.410 e. The van der Waals surface area contributed by atoms with Crippen molar-refractivity contribution in [2.75, 3.05) is 36.4 Å². The number of hydrogen-bond donors (Lipinski definition) is 1. The van der Waals surface area contributed by atoms with Crippen LogP contribution in [0.2, 0.25) is 0 Å². The number of aromatic nitrogens is 4. The molecule has 1 aliphatic heterocycles. The third-order valence-corrected chi connectivity index (χ3v) is 7.24. The molecule has 2 aromatic heterocycles. The lowest BCUT2D eigenvalue weighted by Crippen LogP contribution is -2.50. The number of nitrogens with one attached hydrogen (secondary N) is 1. The van der Waals surface area contributed by atoms with Gasteiger partial charge in [-0.2, -0.15) is 0 Å². The zero-order valence-electron chi connectivity index (χ0n) is 24.3. The largest absolute Gasteiger partial charge is 0.444 e. The molecule has 0 aliphatic carbocycles. The molecule has 0 bridgehead atoms. The highest BCUT2D eigenvalue weighted by Gasteiger charge is 2.26. The van der Waals surface area contributed by atoms with Crippen LogP contribution < -0.4 is 10.2 Å². The second-order valence-electron chi connectivity index (χ2n) is 11.6. The summed E-state index contributed by atoms with van der Waals surface area (Å²) in [5.41, 5.74) is 2.71. The molecule has 41 heavy (non-hydrogen) atoms. The molecule has 4 aromatic rings. The molecule has 214 valence electrons. The summed E-state index contributed by atoms with van der Waals surface area (Å²) >= 11 is 0. The van der Waals surface area contributed by atoms with Crippen LogP contribution in [0.1, 0.15) is 55.5 Å². The van der Waals surface area contributed by atoms with Crippen LogP contribution in [0, 0.1) is 0 Å². The molecule has 0 radical (unpaired) electrons. The van der Waals surface area contributed by atoms with E-state index < -0.39 is 5.60 Å². The fourth-order valence-corrected chi connectivity index (χ4v) is 4.92. The average molecular weight is 556 g/mol. The minimum Gasteiger partial charge on any atom is -0.444 e. The Bertz CT molecular complexity index is 1550. The van der Waals surface area contributed by atoms with E-state index in [0.717, 1.165) is 40.0 Å². The molecule has 2 aromatic carbocycles. The van der Waals surface area contributed by atoms with Crippen molar-refractivity contribution in [2.45, 2.75) is 45.6 Å². The monoisotopic (exact) mass is 555 g/mol. The number of aryl methyl sites for hydroxylation is 1. The fourth-order valence-electron chi connectivity index (χ4n) is 4.92. The summed E-state index contributed by atoms with van der Waals surface area (Å²) in [7, 11) is 1.94. The Hall–Kier alpha value is -4.47. The summed E-state index contributed by atoms with van der Waals surface area (Å²) in [6, 6.07) is 15.8. The number of benzene rings is 2. The first kappa shape index (κ1) is 28.1. The van der Waals surface area contributed by atoms with Gasteiger partial charge < -0.3 is 24.4 Å². The number of ether oxygens (including phenoxy) is 1. The first-order chi connectivity index (χ1) is 19.6. The highest BCUT2D eigenvalue weighted by Crippen LogP contribution is 2.26. The lowest BCUT2D eigenvalue weighted by molar-refractivity contribution is 0.0240. The van der Waals surface area contributed by atoms with Crippen LogP contribution in [0.15, 0.2) is 61.1 Å². The molecule has 2 amide bonds. The number of fused-ring (bicyclic) bond motifs is 1. The Morgan fingerprint density at radius 2 is 1.80 bits per heavy atom. The van der Waals surface area contributed by atoms with Crippen molar-refractivity contribution in [3.05, 3.63) is 78.1 Å². The van der Waals surface area contributed by atoms with Gasteiger partial charge in [-0.25, -0.2) is 4.79 Å². The lowest BCUT2D eigenvalue weighted by Gasteiger charge is -2.36. The van der Waals surface area contributed by atoms with Gasteiger partial charge in [0.1, 0.15) is 23.4 Å². The van der Waals surface area contributed by atoms with Crippen molar-refractivity contribution in [3.8, 4) is 0 Å². The van der Waals surface area contributed by atoms with E-state index in [1.54, 1.807) is 17.4 Å². The molecule has 1 unspecified atom stereocenters. The fraction of sp³-hybridized carbons (Fsp3) is 0.387. The average Bonchev–Trinajstić information content (AvgIpc) is 3.35. The van der Waals surface area contributed by atoms with Gasteiger partial charge in [-0.1, -0.05) is 25.1 Å². The van der Waals surface area contributed by atoms with Crippen LogP contribution in [0.25, 0.3) is 10.8 Å². The molecular formula is C31H37N7O3. The third-order valence-electron chi connectivity index (χ3n) is 7.24. The quantitative estimate of drug-likeness (QED) is 0.356. The van der Waals surface area contributed by atoms with Gasteiger partial charge >= 0.3 is 6.09 Å². The SMILES string of the molecule is CC(Cc1nncn1C)c1cccc(NC(=O)c2cc3cc(N4CCN(C(=O)OC(C)(C)C)CC4)ccc3cn2)c1. The molecule has 1 N–H and O–H groups in total. The maximum absolute atomic E-state index is 13.2. The molecule has 1 atom stereocenters. The van der Waals surface area contributed by atoms with Gasteiger partial charge in [0.2, 0.25) is 0 Å². The van der Waals surface area contributed by atoms with Gasteiger partial charge in [0, 0.05) is 62.6 Å². The lowest BCUT2D eigenvalue weighted by atomic mass is 9.97. The van der Waals surface area contributed by atoms with Crippen molar-refractivity contribution in [2.24, 2.45) is 7.05 Å². The van der Waals surface area contributed by atoms with Crippen LogP contribution in [-0.2, 0) is 18.2 Å². The van der Waals surface area contributed by atoms with E-state index in [-0.39, 0.29) is 17.9 Å². The molecule has 10 heteroatoms. The van der Waals surface area contributed by atoms with E-state index in [1.807, 2.05) is 62.7 Å². The van der Waals surface area contributed by atoms with Crippen LogP contribution >= 0.6 is 0 Å². The number of nitrogens with zero attached hydrogens (tertiary/aromatic N) is 6. The summed E-state index contributed by atoms with van der Waals surface area (Å²) in [5, 5.41) is 13.0. The van der Waals surface area contributed by atoms with Crippen molar-refractivity contribution < 1.29 is 14.3 Å². The van der Waals surface area contributed by atoms with E-state index in [1.165, 1.54) is 0 Å². The number of hydrogen-bond acceptors (Lipinski definition) is 7. The number of piperazine rings is 1. The predicted octanol–water partition coefficient (Wildman–Crippen LogP) is 5.02. The number of rotatable bonds is 6. The first-order valence-corrected chi connectivity index (χ1v) is 13.9. The summed E-state index contributed by atoms with van der Waals surface area (Å²) in [4.78, 5) is 34.0. The molecule has 10 nitrogen and oxygen atoms in total. The minimum absolute atomic E-state index is 0.206. The van der Waals surface area contributed by atoms with Crippen molar-refractivity contribution >= 4 is 34.1 Å². The van der Waals surface area contributed by atoms with Gasteiger partial charge in [-0.15, -0.1) is 10.2 Å². The molecule has 5 rings (SSSR count). The topological polar surface area (TPSA) is 105 Å². The minimum atomic E-state index is -0.510. The zero-order valence-corrected chi connectivity index (χ0v) is 24.3. The molecule has 1 fully saturated rings. The Morgan fingerprint density at radius 3 is 2.51 bits per heavy atom. The molecular weight excluding hydrogens is 518 g/mol. The van der Waals surface area contributed by atoms with Crippen LogP contribution in [0.4, 0.5) is 16.2 Å². The van der Waals surface area contributed by atoms with Crippen LogP contribution in [-0.4, -0.2) is 68.4 Å². The van der Waals surface area contributed by atoms with E-state index >= 15 is 0 Å². The van der Waals surface area contributed by atoms with Crippen molar-refractivity contribution in [1.29, 1.82) is 0 Å². The zero-order chi connectivity index (χ0) is 29.1. The van der Waals surface area contributed by atoms with E-state index in [0.29, 0.717) is 31.9 Å². The van der Waals surface area contributed by atoms with Gasteiger partial charge in [-0.3, -0.25) is 9.78 Å². The standard InChI is InChI=1S/C31H37N7O3/c1-21(15-28-35-33-20-36(28)5)22-7-6-8-25(16-22)34-29(39)27-18-24-17-26(10-9-23(24)19-32-27)37-11-13-38(14-12-37)30(40)41-31(2,3)4/h6-10,16-21H,11-15H2,1-5H3,(H,34,39). The molecule has 3 heterocycles. The highest BCUT2D eigenvalue weighted by atomic mass is 16.6. The van der Waals surface area contributed by atoms with Gasteiger partial charge in [0.25, 0.3) is 5.91 Å². The highest BCUT2D eigenvalue weighted by molar-refractivity contribution is 6.05. The van der Waals surface area contributed by atoms with E-state index in [9.17, 15) is 9.59 Å².